The topological polar surface area (TPSA) is 78.4 Å². The minimum absolute atomic E-state index is 0.0398. The zero-order chi connectivity index (χ0) is 16.0. The van der Waals surface area contributed by atoms with Gasteiger partial charge in [-0.3, -0.25) is 4.79 Å². The van der Waals surface area contributed by atoms with Crippen molar-refractivity contribution >= 4 is 12.0 Å². The molecule has 1 aromatic rings. The van der Waals surface area contributed by atoms with E-state index in [-0.39, 0.29) is 13.0 Å². The van der Waals surface area contributed by atoms with Crippen LogP contribution in [0.25, 0.3) is 0 Å². The summed E-state index contributed by atoms with van der Waals surface area (Å²) in [6, 6.07) is 1.96. The minimum Gasteiger partial charge on any atom is -0.481 e. The second-order valence-electron chi connectivity index (χ2n) is 4.50. The molecule has 0 bridgehead atoms. The van der Waals surface area contributed by atoms with Crippen LogP contribution in [0, 0.1) is 11.6 Å². The average Bonchev–Trinajstić information content (AvgIpc) is 2.38. The first-order chi connectivity index (χ1) is 9.81. The van der Waals surface area contributed by atoms with E-state index in [4.69, 9.17) is 5.11 Å². The summed E-state index contributed by atoms with van der Waals surface area (Å²) in [7, 11) is 0. The molecule has 21 heavy (non-hydrogen) atoms. The molecule has 7 heteroatoms. The Hall–Kier alpha value is -2.44. The van der Waals surface area contributed by atoms with Crippen molar-refractivity contribution in [3.05, 3.63) is 47.5 Å². The highest BCUT2D eigenvalue weighted by Crippen LogP contribution is 2.21. The van der Waals surface area contributed by atoms with Gasteiger partial charge in [0.05, 0.1) is 12.5 Å². The number of benzene rings is 1. The molecule has 5 nitrogen and oxygen atoms in total. The second kappa shape index (κ2) is 7.37. The third-order valence-electron chi connectivity index (χ3n) is 2.67. The lowest BCUT2D eigenvalue weighted by Crippen LogP contribution is -2.39. The molecule has 0 saturated heterocycles. The number of nitrogens with one attached hydrogen (secondary N) is 2. The van der Waals surface area contributed by atoms with E-state index < -0.39 is 29.7 Å². The predicted molar refractivity (Wildman–Crippen MR) is 72.7 cm³/mol. The SMILES string of the molecule is C=C(C)C(NC(=O)NCCC(=O)O)c1ccc(F)c(F)c1. The molecule has 3 N–H and O–H groups in total. The predicted octanol–water partition coefficient (Wildman–Crippen LogP) is 2.36. The van der Waals surface area contributed by atoms with Crippen molar-refractivity contribution in [1.82, 2.24) is 10.6 Å². The Kier molecular flexibility index (Phi) is 5.83. The van der Waals surface area contributed by atoms with Gasteiger partial charge in [0.15, 0.2) is 11.6 Å². The highest BCUT2D eigenvalue weighted by atomic mass is 19.2. The molecule has 0 heterocycles. The number of carbonyl (C=O) groups excluding carboxylic acids is 1. The van der Waals surface area contributed by atoms with E-state index in [1.165, 1.54) is 6.07 Å². The zero-order valence-corrected chi connectivity index (χ0v) is 11.5. The van der Waals surface area contributed by atoms with E-state index in [9.17, 15) is 18.4 Å². The van der Waals surface area contributed by atoms with Crippen molar-refractivity contribution in [1.29, 1.82) is 0 Å². The first-order valence-corrected chi connectivity index (χ1v) is 6.17. The molecule has 1 unspecified atom stereocenters. The minimum atomic E-state index is -1.03. The van der Waals surface area contributed by atoms with Gasteiger partial charge in [-0.15, -0.1) is 0 Å². The lowest BCUT2D eigenvalue weighted by Gasteiger charge is -2.20. The number of carbonyl (C=O) groups is 2. The second-order valence-corrected chi connectivity index (χ2v) is 4.50. The number of aliphatic carboxylic acids is 1. The van der Waals surface area contributed by atoms with Crippen LogP contribution in [0.5, 0.6) is 0 Å². The van der Waals surface area contributed by atoms with Crippen LogP contribution in [0.15, 0.2) is 30.4 Å². The number of carboxylic acid groups (broad SMARTS) is 1. The van der Waals surface area contributed by atoms with Crippen molar-refractivity contribution in [3.8, 4) is 0 Å². The number of halogens is 2. The molecule has 0 spiro atoms. The molecule has 0 saturated carbocycles. The fraction of sp³-hybridized carbons (Fsp3) is 0.286. The van der Waals surface area contributed by atoms with Gasteiger partial charge in [-0.05, 0) is 24.6 Å². The van der Waals surface area contributed by atoms with Crippen LogP contribution >= 0.6 is 0 Å². The van der Waals surface area contributed by atoms with Crippen LogP contribution in [0.2, 0.25) is 0 Å². The quantitative estimate of drug-likeness (QED) is 0.705. The molecule has 1 atom stereocenters. The van der Waals surface area contributed by atoms with Crippen molar-refractivity contribution < 1.29 is 23.5 Å². The summed E-state index contributed by atoms with van der Waals surface area (Å²) in [5.41, 5.74) is 0.865. The van der Waals surface area contributed by atoms with Crippen LogP contribution in [-0.2, 0) is 4.79 Å². The third-order valence-corrected chi connectivity index (χ3v) is 2.67. The van der Waals surface area contributed by atoms with Gasteiger partial charge in [0.1, 0.15) is 0 Å². The molecule has 0 aromatic heterocycles. The van der Waals surface area contributed by atoms with Crippen molar-refractivity contribution in [3.63, 3.8) is 0 Å². The maximum atomic E-state index is 13.2. The molecular formula is C14H16F2N2O3. The normalized spacial score (nSPS) is 11.6. The molecule has 1 aromatic carbocycles. The van der Waals surface area contributed by atoms with Crippen LogP contribution in [-0.4, -0.2) is 23.7 Å². The Morgan fingerprint density at radius 2 is 2.00 bits per heavy atom. The van der Waals surface area contributed by atoms with E-state index in [1.54, 1.807) is 6.92 Å². The molecule has 0 fully saturated rings. The van der Waals surface area contributed by atoms with Crippen LogP contribution in [0.1, 0.15) is 24.9 Å². The fourth-order valence-corrected chi connectivity index (χ4v) is 1.65. The molecule has 0 aliphatic carbocycles. The van der Waals surface area contributed by atoms with E-state index >= 15 is 0 Å². The number of carboxylic acids is 1. The average molecular weight is 298 g/mol. The van der Waals surface area contributed by atoms with E-state index in [0.29, 0.717) is 11.1 Å². The summed E-state index contributed by atoms with van der Waals surface area (Å²) in [6.45, 7) is 5.28. The van der Waals surface area contributed by atoms with Gasteiger partial charge in [-0.25, -0.2) is 13.6 Å². The van der Waals surface area contributed by atoms with Gasteiger partial charge in [-0.2, -0.15) is 0 Å². The number of amides is 2. The lowest BCUT2D eigenvalue weighted by atomic mass is 10.0. The Labute approximate surface area is 120 Å². The number of urea groups is 1. The van der Waals surface area contributed by atoms with Gasteiger partial charge in [0.25, 0.3) is 0 Å². The van der Waals surface area contributed by atoms with Crippen LogP contribution in [0.3, 0.4) is 0 Å². The summed E-state index contributed by atoms with van der Waals surface area (Å²) < 4.78 is 26.1. The highest BCUT2D eigenvalue weighted by molar-refractivity contribution is 5.75. The molecule has 0 radical (unpaired) electrons. The zero-order valence-electron chi connectivity index (χ0n) is 11.5. The van der Waals surface area contributed by atoms with Gasteiger partial charge in [0, 0.05) is 6.54 Å². The third kappa shape index (κ3) is 5.21. The van der Waals surface area contributed by atoms with E-state index in [0.717, 1.165) is 12.1 Å². The molecule has 114 valence electrons. The lowest BCUT2D eigenvalue weighted by molar-refractivity contribution is -0.136. The summed E-state index contributed by atoms with van der Waals surface area (Å²) in [4.78, 5) is 22.0. The molecular weight excluding hydrogens is 282 g/mol. The van der Waals surface area contributed by atoms with Crippen LogP contribution in [0.4, 0.5) is 13.6 Å². The van der Waals surface area contributed by atoms with Gasteiger partial charge in [0.2, 0.25) is 0 Å². The van der Waals surface area contributed by atoms with E-state index in [1.807, 2.05) is 0 Å². The molecule has 0 aliphatic heterocycles. The summed E-state index contributed by atoms with van der Waals surface area (Å²) >= 11 is 0. The van der Waals surface area contributed by atoms with Crippen molar-refractivity contribution in [2.24, 2.45) is 0 Å². The van der Waals surface area contributed by atoms with Gasteiger partial charge < -0.3 is 15.7 Å². The first kappa shape index (κ1) is 16.6. The van der Waals surface area contributed by atoms with Gasteiger partial charge >= 0.3 is 12.0 Å². The largest absolute Gasteiger partial charge is 0.481 e. The highest BCUT2D eigenvalue weighted by Gasteiger charge is 2.17. The molecule has 1 rings (SSSR count). The Balaban J connectivity index is 2.73. The smallest absolute Gasteiger partial charge is 0.315 e. The fourth-order valence-electron chi connectivity index (χ4n) is 1.65. The molecule has 0 aliphatic rings. The number of hydrogen-bond acceptors (Lipinski definition) is 2. The Morgan fingerprint density at radius 1 is 1.33 bits per heavy atom. The van der Waals surface area contributed by atoms with Crippen LogP contribution < -0.4 is 10.6 Å². The monoisotopic (exact) mass is 298 g/mol. The standard InChI is InChI=1S/C14H16F2N2O3/c1-8(2)13(9-3-4-10(15)11(16)7-9)18-14(21)17-6-5-12(19)20/h3-4,7,13H,1,5-6H2,2H3,(H,19,20)(H2,17,18,21). The van der Waals surface area contributed by atoms with Gasteiger partial charge in [-0.1, -0.05) is 18.2 Å². The van der Waals surface area contributed by atoms with E-state index in [2.05, 4.69) is 17.2 Å². The maximum absolute atomic E-state index is 13.2. The number of hydrogen-bond donors (Lipinski definition) is 3. The summed E-state index contributed by atoms with van der Waals surface area (Å²) in [5, 5.41) is 13.3. The molecule has 2 amide bonds. The summed E-state index contributed by atoms with van der Waals surface area (Å²) in [6.07, 6.45) is -0.212. The maximum Gasteiger partial charge on any atom is 0.315 e. The van der Waals surface area contributed by atoms with Crippen molar-refractivity contribution in [2.45, 2.75) is 19.4 Å². The Morgan fingerprint density at radius 3 is 2.52 bits per heavy atom. The summed E-state index contributed by atoms with van der Waals surface area (Å²) in [5.74, 6) is -3.04. The number of rotatable bonds is 6. The first-order valence-electron chi connectivity index (χ1n) is 6.17. The van der Waals surface area contributed by atoms with Crippen molar-refractivity contribution in [2.75, 3.05) is 6.54 Å². The Bertz CT molecular complexity index is 561.